The van der Waals surface area contributed by atoms with Gasteiger partial charge in [-0.1, -0.05) is 60.4 Å². The topological polar surface area (TPSA) is 42.9 Å². The third-order valence-corrected chi connectivity index (χ3v) is 5.83. The number of hydrogen-bond donors (Lipinski definition) is 2. The lowest BCUT2D eigenvalue weighted by molar-refractivity contribution is 0.102. The number of carbonyl (C=O) groups is 1. The number of hydrogen-bond acceptors (Lipinski definition) is 7. The van der Waals surface area contributed by atoms with E-state index in [1.165, 1.54) is 23.1 Å². The van der Waals surface area contributed by atoms with Gasteiger partial charge in [-0.25, -0.2) is 0 Å². The molecular weight excluding hydrogens is 328 g/mol. The predicted octanol–water partition coefficient (Wildman–Crippen LogP) is 3.80. The van der Waals surface area contributed by atoms with E-state index in [0.29, 0.717) is 5.75 Å². The van der Waals surface area contributed by atoms with E-state index < -0.39 is 0 Å². The number of ketones is 1. The second kappa shape index (κ2) is 7.49. The molecule has 0 saturated carbocycles. The molecule has 0 N–H and O–H groups in total. The van der Waals surface area contributed by atoms with Gasteiger partial charge in [0, 0.05) is 11.5 Å². The molecule has 1 aromatic heterocycles. The van der Waals surface area contributed by atoms with Gasteiger partial charge in [0.05, 0.1) is 10.3 Å². The molecule has 0 aliphatic heterocycles. The van der Waals surface area contributed by atoms with E-state index in [0.717, 1.165) is 14.9 Å². The first-order chi connectivity index (χ1) is 9.58. The Labute approximate surface area is 137 Å². The van der Waals surface area contributed by atoms with Crippen LogP contribution in [0.4, 0.5) is 0 Å². The molecule has 2 aromatic rings. The normalized spacial score (nSPS) is 12.6. The minimum Gasteiger partial charge on any atom is -0.293 e. The first-order valence-corrected chi connectivity index (χ1v) is 8.82. The highest BCUT2D eigenvalue weighted by Gasteiger charge is 2.17. The van der Waals surface area contributed by atoms with Gasteiger partial charge < -0.3 is 0 Å². The minimum absolute atomic E-state index is 0.0632. The summed E-state index contributed by atoms with van der Waals surface area (Å²) < 4.78 is 0.741. The molecule has 0 amide bonds. The molecule has 0 aliphatic carbocycles. The zero-order valence-electron chi connectivity index (χ0n) is 10.8. The van der Waals surface area contributed by atoms with Crippen molar-refractivity contribution in [1.29, 1.82) is 0 Å². The van der Waals surface area contributed by atoms with Crippen LogP contribution in [-0.4, -0.2) is 26.3 Å². The van der Waals surface area contributed by atoms with Crippen molar-refractivity contribution in [3.05, 3.63) is 40.9 Å². The number of Topliss-reactive ketones (excluding diaryl/α,β-unsaturated/α-hetero) is 1. The van der Waals surface area contributed by atoms with Crippen molar-refractivity contribution in [2.24, 2.45) is 0 Å². The van der Waals surface area contributed by atoms with E-state index in [4.69, 9.17) is 0 Å². The molecule has 2 rings (SSSR count). The molecule has 0 radical (unpaired) electrons. The largest absolute Gasteiger partial charge is 0.293 e. The van der Waals surface area contributed by atoms with Gasteiger partial charge in [0.2, 0.25) is 0 Å². The maximum Gasteiger partial charge on any atom is 0.174 e. The van der Waals surface area contributed by atoms with E-state index in [1.54, 1.807) is 0 Å². The third kappa shape index (κ3) is 4.25. The first-order valence-electron chi connectivity index (χ1n) is 5.98. The molecule has 1 unspecified atom stereocenters. The number of nitrogens with zero attached hydrogens (tertiary/aromatic N) is 2. The number of thioether (sulfide) groups is 1. The van der Waals surface area contributed by atoms with Crippen molar-refractivity contribution in [3.63, 3.8) is 0 Å². The van der Waals surface area contributed by atoms with Crippen LogP contribution in [-0.2, 0) is 0 Å². The van der Waals surface area contributed by atoms with Crippen LogP contribution in [0.15, 0.2) is 34.7 Å². The molecule has 1 atom stereocenters. The molecule has 0 aliphatic rings. The van der Waals surface area contributed by atoms with Gasteiger partial charge in [0.25, 0.3) is 0 Å². The Bertz CT molecular complexity index is 571. The SMILES string of the molecule is CC(c1nnc(SCC(=O)c2ccccc2)s1)C(S)S. The smallest absolute Gasteiger partial charge is 0.174 e. The van der Waals surface area contributed by atoms with Crippen molar-refractivity contribution in [3.8, 4) is 0 Å². The molecule has 20 heavy (non-hydrogen) atoms. The van der Waals surface area contributed by atoms with Gasteiger partial charge in [0.1, 0.15) is 5.01 Å². The van der Waals surface area contributed by atoms with Crippen molar-refractivity contribution in [2.45, 2.75) is 21.8 Å². The van der Waals surface area contributed by atoms with Gasteiger partial charge in [0.15, 0.2) is 10.1 Å². The van der Waals surface area contributed by atoms with E-state index in [1.807, 2.05) is 37.3 Å². The Morgan fingerprint density at radius 2 is 2.00 bits per heavy atom. The summed E-state index contributed by atoms with van der Waals surface area (Å²) in [5.74, 6) is 0.609. The van der Waals surface area contributed by atoms with Crippen LogP contribution in [0, 0.1) is 0 Å². The number of aromatic nitrogens is 2. The van der Waals surface area contributed by atoms with Crippen molar-refractivity contribution < 1.29 is 4.79 Å². The average molecular weight is 343 g/mol. The highest BCUT2D eigenvalue weighted by Crippen LogP contribution is 2.31. The zero-order valence-corrected chi connectivity index (χ0v) is 14.2. The van der Waals surface area contributed by atoms with Gasteiger partial charge in [-0.2, -0.15) is 25.3 Å². The number of thiol groups is 2. The van der Waals surface area contributed by atoms with Crippen molar-refractivity contribution in [2.75, 3.05) is 5.75 Å². The Hall–Kier alpha value is -0.500. The van der Waals surface area contributed by atoms with E-state index in [9.17, 15) is 4.79 Å². The quantitative estimate of drug-likeness (QED) is 0.363. The summed E-state index contributed by atoms with van der Waals surface area (Å²) >= 11 is 11.5. The standard InChI is InChI=1S/C13H14N2OS4/c1-8(12(17)18)11-14-15-13(20-11)19-7-10(16)9-5-3-2-4-6-9/h2-6,8,12,17-18H,7H2,1H3. The second-order valence-corrected chi connectivity index (χ2v) is 7.94. The molecule has 1 aromatic carbocycles. The predicted molar refractivity (Wildman–Crippen MR) is 91.6 cm³/mol. The Balaban J connectivity index is 1.93. The van der Waals surface area contributed by atoms with Crippen molar-refractivity contribution >= 4 is 54.1 Å². The molecule has 0 fully saturated rings. The summed E-state index contributed by atoms with van der Waals surface area (Å²) in [4.78, 5) is 12.0. The van der Waals surface area contributed by atoms with Gasteiger partial charge >= 0.3 is 0 Å². The molecular formula is C13H14N2OS4. The monoisotopic (exact) mass is 342 g/mol. The fourth-order valence-corrected chi connectivity index (χ4v) is 3.76. The van der Waals surface area contributed by atoms with Gasteiger partial charge in [-0.15, -0.1) is 10.2 Å². The zero-order chi connectivity index (χ0) is 14.5. The molecule has 7 heteroatoms. The Morgan fingerprint density at radius 3 is 2.65 bits per heavy atom. The van der Waals surface area contributed by atoms with Crippen LogP contribution >= 0.6 is 48.4 Å². The average Bonchev–Trinajstić information content (AvgIpc) is 2.93. The van der Waals surface area contributed by atoms with Crippen LogP contribution < -0.4 is 0 Å². The van der Waals surface area contributed by atoms with Crippen LogP contribution in [0.2, 0.25) is 0 Å². The lowest BCUT2D eigenvalue weighted by Crippen LogP contribution is -2.01. The molecule has 1 heterocycles. The summed E-state index contributed by atoms with van der Waals surface area (Å²) in [6, 6.07) is 9.27. The van der Waals surface area contributed by atoms with E-state index >= 15 is 0 Å². The number of benzene rings is 1. The first kappa shape index (κ1) is 15.9. The third-order valence-electron chi connectivity index (χ3n) is 2.68. The van der Waals surface area contributed by atoms with Crippen LogP contribution in [0.5, 0.6) is 0 Å². The molecule has 106 valence electrons. The Kier molecular flexibility index (Phi) is 5.95. The second-order valence-electron chi connectivity index (χ2n) is 4.19. The van der Waals surface area contributed by atoms with Crippen LogP contribution in [0.25, 0.3) is 0 Å². The fraction of sp³-hybridized carbons (Fsp3) is 0.308. The molecule has 0 bridgehead atoms. The molecule has 0 spiro atoms. The van der Waals surface area contributed by atoms with E-state index in [-0.39, 0.29) is 16.3 Å². The van der Waals surface area contributed by atoms with E-state index in [2.05, 4.69) is 35.5 Å². The summed E-state index contributed by atoms with van der Waals surface area (Å²) in [5.41, 5.74) is 0.726. The Morgan fingerprint density at radius 1 is 1.30 bits per heavy atom. The molecule has 0 saturated heterocycles. The lowest BCUT2D eigenvalue weighted by atomic mass is 10.2. The fourth-order valence-electron chi connectivity index (χ4n) is 1.42. The lowest BCUT2D eigenvalue weighted by Gasteiger charge is -2.08. The highest BCUT2D eigenvalue weighted by molar-refractivity contribution is 8.01. The van der Waals surface area contributed by atoms with Crippen LogP contribution in [0.1, 0.15) is 28.2 Å². The number of rotatable bonds is 6. The summed E-state index contributed by atoms with van der Waals surface area (Å²) in [7, 11) is 0. The van der Waals surface area contributed by atoms with Gasteiger partial charge in [-0.3, -0.25) is 4.79 Å². The maximum absolute atomic E-state index is 12.0. The maximum atomic E-state index is 12.0. The highest BCUT2D eigenvalue weighted by atomic mass is 32.2. The van der Waals surface area contributed by atoms with Crippen molar-refractivity contribution in [1.82, 2.24) is 10.2 Å². The molecule has 3 nitrogen and oxygen atoms in total. The number of carbonyl (C=O) groups excluding carboxylic acids is 1. The van der Waals surface area contributed by atoms with Gasteiger partial charge in [-0.05, 0) is 0 Å². The summed E-state index contributed by atoms with van der Waals surface area (Å²) in [6.07, 6.45) is 0. The summed E-state index contributed by atoms with van der Waals surface area (Å²) in [6.45, 7) is 2.01. The van der Waals surface area contributed by atoms with Crippen LogP contribution in [0.3, 0.4) is 0 Å². The summed E-state index contributed by atoms with van der Waals surface area (Å²) in [5, 5.41) is 9.12. The minimum atomic E-state index is -0.0632.